The van der Waals surface area contributed by atoms with Crippen LogP contribution < -0.4 is 10.6 Å². The molecule has 0 heterocycles. The van der Waals surface area contributed by atoms with E-state index in [9.17, 15) is 25.2 Å². The predicted octanol–water partition coefficient (Wildman–Crippen LogP) is 5.16. The van der Waals surface area contributed by atoms with Crippen molar-refractivity contribution in [2.75, 3.05) is 13.1 Å². The third-order valence-electron chi connectivity index (χ3n) is 8.78. The number of aliphatic hydroxyl groups excluding tert-OH is 2. The summed E-state index contributed by atoms with van der Waals surface area (Å²) in [4.78, 5) is 12.8. The van der Waals surface area contributed by atoms with Gasteiger partial charge >= 0.3 is 0 Å². The van der Waals surface area contributed by atoms with Gasteiger partial charge in [0.15, 0.2) is 0 Å². The van der Waals surface area contributed by atoms with Crippen LogP contribution in [0.25, 0.3) is 0 Å². The lowest BCUT2D eigenvalue weighted by Crippen LogP contribution is -2.32. The zero-order chi connectivity index (χ0) is 31.1. The van der Waals surface area contributed by atoms with Crippen molar-refractivity contribution in [3.63, 3.8) is 0 Å². The number of hydrogen-bond donors (Lipinski definition) is 6. The van der Waals surface area contributed by atoms with E-state index in [2.05, 4.69) is 66.1 Å². The summed E-state index contributed by atoms with van der Waals surface area (Å²) >= 11 is 0. The summed E-state index contributed by atoms with van der Waals surface area (Å²) in [6.45, 7) is 2.65. The number of aliphatic hydroxyl groups is 2. The molecule has 0 spiro atoms. The van der Waals surface area contributed by atoms with E-state index in [1.165, 1.54) is 34.4 Å². The molecule has 7 nitrogen and oxygen atoms in total. The number of aromatic hydroxyl groups is 2. The van der Waals surface area contributed by atoms with Gasteiger partial charge in [0.2, 0.25) is 0 Å². The Balaban J connectivity index is 1.24. The third-order valence-corrected chi connectivity index (χ3v) is 8.78. The molecule has 0 aliphatic heterocycles. The molecular weight excluding hydrogens is 552 g/mol. The quantitative estimate of drug-likeness (QED) is 0.127. The summed E-state index contributed by atoms with van der Waals surface area (Å²) in [5.41, 5.74) is 6.56. The van der Waals surface area contributed by atoms with Gasteiger partial charge in [-0.2, -0.15) is 0 Å². The Hall–Kier alpha value is -4.17. The summed E-state index contributed by atoms with van der Waals surface area (Å²) in [6, 6.07) is 28.8. The maximum absolute atomic E-state index is 12.8. The second kappa shape index (κ2) is 14.5. The highest BCUT2D eigenvalue weighted by Crippen LogP contribution is 2.39. The molecule has 0 fully saturated rings. The molecule has 4 aromatic carbocycles. The summed E-state index contributed by atoms with van der Waals surface area (Å²) in [6.07, 6.45) is 2.80. The molecule has 5 rings (SSSR count). The highest BCUT2D eigenvalue weighted by atomic mass is 16.3. The summed E-state index contributed by atoms with van der Waals surface area (Å²) in [5, 5.41) is 46.5. The smallest absolute Gasteiger partial charge is 0.255 e. The zero-order valence-electron chi connectivity index (χ0n) is 25.1. The van der Waals surface area contributed by atoms with Crippen LogP contribution >= 0.6 is 0 Å². The van der Waals surface area contributed by atoms with Crippen molar-refractivity contribution in [1.82, 2.24) is 10.6 Å². The van der Waals surface area contributed by atoms with Crippen LogP contribution in [0.3, 0.4) is 0 Å². The lowest BCUT2D eigenvalue weighted by Gasteiger charge is -2.25. The van der Waals surface area contributed by atoms with Crippen LogP contribution in [0.2, 0.25) is 0 Å². The number of phenols is 2. The maximum atomic E-state index is 12.8. The van der Waals surface area contributed by atoms with Crippen molar-refractivity contribution in [1.29, 1.82) is 0 Å². The first kappa shape index (κ1) is 31.3. The van der Waals surface area contributed by atoms with Crippen LogP contribution in [0, 0.1) is 5.92 Å². The van der Waals surface area contributed by atoms with E-state index in [0.29, 0.717) is 30.1 Å². The first-order valence-electron chi connectivity index (χ1n) is 15.4. The highest BCUT2D eigenvalue weighted by molar-refractivity contribution is 5.96. The number of para-hydroxylation sites is 1. The number of fused-ring (bicyclic) bond motifs is 1. The molecule has 1 aliphatic carbocycles. The van der Waals surface area contributed by atoms with Crippen LogP contribution in [-0.2, 0) is 25.9 Å². The minimum absolute atomic E-state index is 0.0160. The van der Waals surface area contributed by atoms with Crippen molar-refractivity contribution in [3.05, 3.63) is 130 Å². The van der Waals surface area contributed by atoms with Crippen molar-refractivity contribution in [2.45, 2.75) is 57.3 Å². The number of amides is 1. The number of benzene rings is 4. The lowest BCUT2D eigenvalue weighted by atomic mass is 9.81. The number of carbonyl (C=O) groups excluding carboxylic acids is 1. The molecule has 0 aromatic heterocycles. The van der Waals surface area contributed by atoms with Gasteiger partial charge in [-0.3, -0.25) is 4.79 Å². The first-order valence-corrected chi connectivity index (χ1v) is 15.4. The average molecular weight is 595 g/mol. The third kappa shape index (κ3) is 7.66. The number of rotatable bonds is 13. The summed E-state index contributed by atoms with van der Waals surface area (Å²) in [5.74, 6) is 0.389. The van der Waals surface area contributed by atoms with Gasteiger partial charge in [-0.05, 0) is 96.5 Å². The van der Waals surface area contributed by atoms with E-state index >= 15 is 0 Å². The number of carbonyl (C=O) groups is 1. The van der Waals surface area contributed by atoms with Crippen molar-refractivity contribution in [2.24, 2.45) is 5.92 Å². The minimum Gasteiger partial charge on any atom is -0.508 e. The van der Waals surface area contributed by atoms with Crippen LogP contribution in [0.4, 0.5) is 0 Å². The second-order valence-electron chi connectivity index (χ2n) is 11.9. The van der Waals surface area contributed by atoms with Gasteiger partial charge in [-0.15, -0.1) is 0 Å². The second-order valence-corrected chi connectivity index (χ2v) is 11.9. The Morgan fingerprint density at radius 2 is 1.59 bits per heavy atom. The van der Waals surface area contributed by atoms with Crippen molar-refractivity contribution in [3.8, 4) is 11.5 Å². The Labute approximate surface area is 259 Å². The molecule has 0 bridgehead atoms. The molecule has 0 saturated heterocycles. The Kier molecular flexibility index (Phi) is 10.3. The molecule has 1 aliphatic rings. The van der Waals surface area contributed by atoms with Crippen LogP contribution in [0.5, 0.6) is 11.5 Å². The topological polar surface area (TPSA) is 122 Å². The zero-order valence-corrected chi connectivity index (χ0v) is 25.1. The highest BCUT2D eigenvalue weighted by Gasteiger charge is 2.30. The van der Waals surface area contributed by atoms with Gasteiger partial charge in [-0.1, -0.05) is 66.7 Å². The Bertz CT molecular complexity index is 1550. The first-order chi connectivity index (χ1) is 21.3. The van der Waals surface area contributed by atoms with E-state index < -0.39 is 6.10 Å². The number of phenolic OH excluding ortho intramolecular Hbond substituents is 1. The van der Waals surface area contributed by atoms with Crippen molar-refractivity contribution >= 4 is 5.91 Å². The van der Waals surface area contributed by atoms with E-state index in [4.69, 9.17) is 0 Å². The van der Waals surface area contributed by atoms with E-state index in [1.54, 1.807) is 30.3 Å². The fraction of sp³-hybridized carbons (Fsp3) is 0.324. The van der Waals surface area contributed by atoms with Crippen LogP contribution in [-0.4, -0.2) is 45.5 Å². The summed E-state index contributed by atoms with van der Waals surface area (Å²) in [7, 11) is 0. The van der Waals surface area contributed by atoms with Crippen molar-refractivity contribution < 1.29 is 25.2 Å². The SMILES string of the molecule is C[C@H](Cc1cccc(C(CCNC(=O)c2ccccc2O)C2Cc3ccccc3C2)c1)NC[C@@H](O)c1ccc(O)c(CO)c1. The molecule has 7 heteroatoms. The van der Waals surface area contributed by atoms with Gasteiger partial charge in [0.1, 0.15) is 11.5 Å². The molecule has 1 amide bonds. The predicted molar refractivity (Wildman–Crippen MR) is 172 cm³/mol. The molecule has 3 atom stereocenters. The molecule has 230 valence electrons. The molecule has 0 saturated carbocycles. The van der Waals surface area contributed by atoms with E-state index in [-0.39, 0.29) is 41.5 Å². The normalized spacial score (nSPS) is 15.0. The minimum atomic E-state index is -0.768. The Morgan fingerprint density at radius 3 is 2.32 bits per heavy atom. The van der Waals surface area contributed by atoms with Gasteiger partial charge in [0, 0.05) is 24.7 Å². The van der Waals surface area contributed by atoms with Gasteiger partial charge in [0.05, 0.1) is 18.3 Å². The molecular formula is C37H42N2O5. The number of hydrogen-bond acceptors (Lipinski definition) is 6. The standard InChI is InChI=1S/C37H42N2O5/c1-24(39-22-36(43)29-13-14-34(41)31(21-29)23-40)17-25-7-6-10-28(18-25)32(30-19-26-8-2-3-9-27(26)20-30)15-16-38-37(44)33-11-4-5-12-35(33)42/h2-14,18,21,24,30,32,36,39-43H,15-17,19-20,22-23H2,1H3,(H,38,44)/t24-,32?,36-/m1/s1. The Morgan fingerprint density at radius 1 is 0.864 bits per heavy atom. The number of nitrogens with one attached hydrogen (secondary N) is 2. The molecule has 0 radical (unpaired) electrons. The van der Waals surface area contributed by atoms with E-state index in [0.717, 1.165) is 25.7 Å². The summed E-state index contributed by atoms with van der Waals surface area (Å²) < 4.78 is 0. The molecule has 44 heavy (non-hydrogen) atoms. The van der Waals surface area contributed by atoms with Crippen LogP contribution in [0.15, 0.2) is 91.0 Å². The van der Waals surface area contributed by atoms with E-state index in [1.807, 2.05) is 0 Å². The fourth-order valence-electron chi connectivity index (χ4n) is 6.40. The largest absolute Gasteiger partial charge is 0.508 e. The van der Waals surface area contributed by atoms with Gasteiger partial charge in [-0.25, -0.2) is 0 Å². The van der Waals surface area contributed by atoms with Gasteiger partial charge in [0.25, 0.3) is 5.91 Å². The maximum Gasteiger partial charge on any atom is 0.255 e. The van der Waals surface area contributed by atoms with Crippen LogP contribution in [0.1, 0.15) is 69.1 Å². The fourth-order valence-corrected chi connectivity index (χ4v) is 6.40. The average Bonchev–Trinajstić information content (AvgIpc) is 3.46. The van der Waals surface area contributed by atoms with Gasteiger partial charge < -0.3 is 31.1 Å². The molecule has 6 N–H and O–H groups in total. The molecule has 1 unspecified atom stereocenters. The molecule has 4 aromatic rings. The lowest BCUT2D eigenvalue weighted by molar-refractivity contribution is 0.0949. The monoisotopic (exact) mass is 594 g/mol.